The lowest BCUT2D eigenvalue weighted by atomic mass is 10.2. The van der Waals surface area contributed by atoms with Gasteiger partial charge in [-0.3, -0.25) is 4.79 Å². The minimum Gasteiger partial charge on any atom is -0.508 e. The first-order valence-corrected chi connectivity index (χ1v) is 6.99. The van der Waals surface area contributed by atoms with Gasteiger partial charge in [-0.1, -0.05) is 6.07 Å². The van der Waals surface area contributed by atoms with Crippen molar-refractivity contribution in [1.29, 1.82) is 0 Å². The van der Waals surface area contributed by atoms with Crippen LogP contribution in [0.25, 0.3) is 11.2 Å². The molecule has 0 bridgehead atoms. The fourth-order valence-electron chi connectivity index (χ4n) is 1.99. The second-order valence-corrected chi connectivity index (χ2v) is 4.91. The molecule has 3 N–H and O–H groups in total. The molecule has 9 heteroatoms. The fourth-order valence-corrected chi connectivity index (χ4v) is 1.99. The Morgan fingerprint density at radius 1 is 1.29 bits per heavy atom. The highest BCUT2D eigenvalue weighted by Gasteiger charge is 2.20. The number of hydrogen-bond donors (Lipinski definition) is 3. The van der Waals surface area contributed by atoms with Gasteiger partial charge in [0.2, 0.25) is 0 Å². The molecule has 0 aliphatic rings. The van der Waals surface area contributed by atoms with Gasteiger partial charge in [0, 0.05) is 0 Å². The molecule has 24 heavy (non-hydrogen) atoms. The molecule has 0 saturated carbocycles. The van der Waals surface area contributed by atoms with Gasteiger partial charge in [-0.25, -0.2) is 19.7 Å². The summed E-state index contributed by atoms with van der Waals surface area (Å²) in [6, 6.07) is 5.67. The molecule has 1 unspecified atom stereocenters. The summed E-state index contributed by atoms with van der Waals surface area (Å²) >= 11 is 0. The van der Waals surface area contributed by atoms with E-state index in [2.05, 4.69) is 25.3 Å². The number of aromatic hydroxyl groups is 1. The van der Waals surface area contributed by atoms with Crippen LogP contribution in [0, 0.1) is 0 Å². The van der Waals surface area contributed by atoms with Crippen LogP contribution in [0.5, 0.6) is 5.75 Å². The topological polar surface area (TPSA) is 130 Å². The van der Waals surface area contributed by atoms with E-state index in [1.807, 2.05) is 0 Å². The number of phenolic OH excluding ortho intramolecular Hbond substituents is 1. The number of fused-ring (bicyclic) bond motifs is 1. The molecule has 1 aromatic carbocycles. The van der Waals surface area contributed by atoms with Crippen molar-refractivity contribution in [3.8, 4) is 5.75 Å². The molecule has 2 aromatic heterocycles. The average molecular weight is 327 g/mol. The van der Waals surface area contributed by atoms with Gasteiger partial charge in [0.1, 0.15) is 17.6 Å². The van der Waals surface area contributed by atoms with E-state index >= 15 is 0 Å². The van der Waals surface area contributed by atoms with E-state index in [4.69, 9.17) is 4.74 Å². The van der Waals surface area contributed by atoms with Crippen molar-refractivity contribution in [2.75, 3.05) is 5.32 Å². The van der Waals surface area contributed by atoms with Crippen molar-refractivity contribution in [2.24, 2.45) is 0 Å². The number of anilines is 1. The number of nitrogens with one attached hydrogen (secondary N) is 2. The van der Waals surface area contributed by atoms with Gasteiger partial charge in [0.15, 0.2) is 17.6 Å². The SMILES string of the molecule is CC(OC(=O)c1cccc(O)c1)C(=O)Nc1ncnc2nc[nH]c12. The number of H-pyrrole nitrogens is 1. The van der Waals surface area contributed by atoms with Crippen LogP contribution in [-0.4, -0.2) is 43.0 Å². The molecular formula is C15H13N5O4. The molecule has 0 radical (unpaired) electrons. The first-order chi connectivity index (χ1) is 11.5. The highest BCUT2D eigenvalue weighted by molar-refractivity contribution is 6.00. The molecular weight excluding hydrogens is 314 g/mol. The number of nitrogens with zero attached hydrogens (tertiary/aromatic N) is 3. The predicted octanol–water partition coefficient (Wildman–Crippen LogP) is 1.24. The molecule has 0 aliphatic carbocycles. The zero-order chi connectivity index (χ0) is 17.1. The number of phenols is 1. The van der Waals surface area contributed by atoms with Crippen LogP contribution in [0.2, 0.25) is 0 Å². The minimum atomic E-state index is -1.06. The van der Waals surface area contributed by atoms with Gasteiger partial charge in [-0.2, -0.15) is 0 Å². The summed E-state index contributed by atoms with van der Waals surface area (Å²) in [5.74, 6) is -1.10. The predicted molar refractivity (Wildman–Crippen MR) is 83.3 cm³/mol. The highest BCUT2D eigenvalue weighted by Crippen LogP contribution is 2.16. The van der Waals surface area contributed by atoms with Crippen molar-refractivity contribution in [1.82, 2.24) is 19.9 Å². The number of rotatable bonds is 4. The van der Waals surface area contributed by atoms with E-state index in [9.17, 15) is 14.7 Å². The lowest BCUT2D eigenvalue weighted by Gasteiger charge is -2.13. The zero-order valence-corrected chi connectivity index (χ0v) is 12.6. The molecule has 1 atom stereocenters. The summed E-state index contributed by atoms with van der Waals surface area (Å²) in [6.45, 7) is 1.43. The Morgan fingerprint density at radius 3 is 2.92 bits per heavy atom. The van der Waals surface area contributed by atoms with Crippen molar-refractivity contribution < 1.29 is 19.4 Å². The summed E-state index contributed by atoms with van der Waals surface area (Å²) in [7, 11) is 0. The van der Waals surface area contributed by atoms with Gasteiger partial charge in [0.25, 0.3) is 5.91 Å². The van der Waals surface area contributed by atoms with Crippen LogP contribution in [0.4, 0.5) is 5.82 Å². The molecule has 0 aliphatic heterocycles. The van der Waals surface area contributed by atoms with E-state index in [-0.39, 0.29) is 17.1 Å². The number of esters is 1. The monoisotopic (exact) mass is 327 g/mol. The Kier molecular flexibility index (Phi) is 4.06. The third-order valence-corrected chi connectivity index (χ3v) is 3.20. The number of aromatic nitrogens is 4. The van der Waals surface area contributed by atoms with Crippen LogP contribution in [-0.2, 0) is 9.53 Å². The molecule has 1 amide bonds. The van der Waals surface area contributed by atoms with E-state index in [0.717, 1.165) is 0 Å². The van der Waals surface area contributed by atoms with Gasteiger partial charge in [0.05, 0.1) is 11.9 Å². The van der Waals surface area contributed by atoms with Crippen molar-refractivity contribution >= 4 is 28.9 Å². The second-order valence-electron chi connectivity index (χ2n) is 4.91. The Balaban J connectivity index is 1.69. The van der Waals surface area contributed by atoms with Crippen molar-refractivity contribution in [3.63, 3.8) is 0 Å². The van der Waals surface area contributed by atoms with Crippen LogP contribution >= 0.6 is 0 Å². The Hall–Kier alpha value is -3.49. The fraction of sp³-hybridized carbons (Fsp3) is 0.133. The molecule has 122 valence electrons. The number of carbonyl (C=O) groups excluding carboxylic acids is 2. The molecule has 2 heterocycles. The number of ether oxygens (including phenoxy) is 1. The normalized spacial score (nSPS) is 11.9. The van der Waals surface area contributed by atoms with E-state index in [1.165, 1.54) is 43.8 Å². The Labute approximate surface area is 135 Å². The maximum absolute atomic E-state index is 12.2. The summed E-state index contributed by atoms with van der Waals surface area (Å²) in [5.41, 5.74) is 1.02. The highest BCUT2D eigenvalue weighted by atomic mass is 16.5. The minimum absolute atomic E-state index is 0.0656. The number of hydrogen-bond acceptors (Lipinski definition) is 7. The average Bonchev–Trinajstić information content (AvgIpc) is 3.04. The summed E-state index contributed by atoms with van der Waals surface area (Å²) < 4.78 is 5.09. The number of carbonyl (C=O) groups is 2. The number of benzene rings is 1. The second kappa shape index (κ2) is 6.32. The number of amides is 1. The van der Waals surface area contributed by atoms with Gasteiger partial charge in [-0.15, -0.1) is 0 Å². The van der Waals surface area contributed by atoms with Crippen LogP contribution < -0.4 is 5.32 Å². The molecule has 0 spiro atoms. The summed E-state index contributed by atoms with van der Waals surface area (Å²) in [6.07, 6.45) is 1.63. The maximum Gasteiger partial charge on any atom is 0.339 e. The van der Waals surface area contributed by atoms with E-state index < -0.39 is 18.0 Å². The quantitative estimate of drug-likeness (QED) is 0.615. The van der Waals surface area contributed by atoms with Gasteiger partial charge < -0.3 is 20.1 Å². The molecule has 0 saturated heterocycles. The van der Waals surface area contributed by atoms with Gasteiger partial charge >= 0.3 is 5.97 Å². The Bertz CT molecular complexity index is 908. The lowest BCUT2D eigenvalue weighted by molar-refractivity contribution is -0.123. The summed E-state index contributed by atoms with van der Waals surface area (Å²) in [4.78, 5) is 38.8. The number of imidazole rings is 1. The Morgan fingerprint density at radius 2 is 2.12 bits per heavy atom. The molecule has 3 rings (SSSR count). The van der Waals surface area contributed by atoms with Crippen molar-refractivity contribution in [2.45, 2.75) is 13.0 Å². The first-order valence-electron chi connectivity index (χ1n) is 6.99. The summed E-state index contributed by atoms with van der Waals surface area (Å²) in [5, 5.41) is 11.9. The molecule has 3 aromatic rings. The first kappa shape index (κ1) is 15.4. The van der Waals surface area contributed by atoms with E-state index in [1.54, 1.807) is 0 Å². The van der Waals surface area contributed by atoms with Crippen LogP contribution in [0.1, 0.15) is 17.3 Å². The lowest BCUT2D eigenvalue weighted by Crippen LogP contribution is -2.30. The van der Waals surface area contributed by atoms with Crippen molar-refractivity contribution in [3.05, 3.63) is 42.5 Å². The van der Waals surface area contributed by atoms with Crippen LogP contribution in [0.15, 0.2) is 36.9 Å². The van der Waals surface area contributed by atoms with Crippen LogP contribution in [0.3, 0.4) is 0 Å². The molecule has 9 nitrogen and oxygen atoms in total. The third-order valence-electron chi connectivity index (χ3n) is 3.20. The zero-order valence-electron chi connectivity index (χ0n) is 12.6. The number of aromatic amines is 1. The maximum atomic E-state index is 12.2. The largest absolute Gasteiger partial charge is 0.508 e. The smallest absolute Gasteiger partial charge is 0.339 e. The van der Waals surface area contributed by atoms with E-state index in [0.29, 0.717) is 11.2 Å². The third kappa shape index (κ3) is 3.14. The van der Waals surface area contributed by atoms with Gasteiger partial charge in [-0.05, 0) is 25.1 Å². The molecule has 0 fully saturated rings. The standard InChI is InChI=1S/C15H13N5O4/c1-8(24-15(23)9-3-2-4-10(21)5-9)14(22)20-13-11-12(17-6-16-11)18-7-19-13/h2-8,21H,1H3,(H2,16,17,18,19,20,22).